The average molecular weight is 384 g/mol. The van der Waals surface area contributed by atoms with Gasteiger partial charge in [0, 0.05) is 30.3 Å². The summed E-state index contributed by atoms with van der Waals surface area (Å²) in [6.45, 7) is 4.48. The molecule has 28 heavy (non-hydrogen) atoms. The van der Waals surface area contributed by atoms with Gasteiger partial charge in [-0.3, -0.25) is 9.59 Å². The van der Waals surface area contributed by atoms with E-state index >= 15 is 0 Å². The number of rotatable bonds is 9. The summed E-state index contributed by atoms with van der Waals surface area (Å²) in [5.41, 5.74) is 2.36. The Morgan fingerprint density at radius 3 is 2.29 bits per heavy atom. The maximum Gasteiger partial charge on any atom is 0.251 e. The fourth-order valence-electron chi connectivity index (χ4n) is 2.80. The molecule has 1 atom stereocenters. The van der Waals surface area contributed by atoms with Crippen molar-refractivity contribution in [2.24, 2.45) is 0 Å². The second-order valence-corrected chi connectivity index (χ2v) is 6.55. The number of carbonyl (C=O) groups is 2. The van der Waals surface area contributed by atoms with Crippen LogP contribution in [0.4, 0.5) is 5.69 Å². The molecule has 6 heteroatoms. The number of para-hydroxylation sites is 1. The second kappa shape index (κ2) is 10.3. The third-order valence-electron chi connectivity index (χ3n) is 4.63. The van der Waals surface area contributed by atoms with Crippen LogP contribution in [0.2, 0.25) is 0 Å². The number of amides is 2. The van der Waals surface area contributed by atoms with Crippen molar-refractivity contribution >= 4 is 17.5 Å². The van der Waals surface area contributed by atoms with E-state index in [0.29, 0.717) is 23.0 Å². The molecule has 0 aliphatic carbocycles. The standard InChI is InChI=1S/C22H28N2O4/c1-5-15(2)19-8-6-7-9-20(19)24-21(25)10-11-23-22(26)16-12-17(27-3)14-18(13-16)28-4/h6-9,12-15H,5,10-11H2,1-4H3,(H,23,26)(H,24,25). The highest BCUT2D eigenvalue weighted by Gasteiger charge is 2.13. The highest BCUT2D eigenvalue weighted by Crippen LogP contribution is 2.26. The molecule has 6 nitrogen and oxygen atoms in total. The molecule has 1 unspecified atom stereocenters. The SMILES string of the molecule is CCC(C)c1ccccc1NC(=O)CCNC(=O)c1cc(OC)cc(OC)c1. The molecule has 0 fully saturated rings. The minimum atomic E-state index is -0.287. The molecule has 0 aliphatic rings. The van der Waals surface area contributed by atoms with Crippen molar-refractivity contribution in [3.8, 4) is 11.5 Å². The largest absolute Gasteiger partial charge is 0.497 e. The summed E-state index contributed by atoms with van der Waals surface area (Å²) >= 11 is 0. The molecule has 2 aromatic rings. The summed E-state index contributed by atoms with van der Waals surface area (Å²) in [5.74, 6) is 0.997. The van der Waals surface area contributed by atoms with Gasteiger partial charge in [0.2, 0.25) is 5.91 Å². The van der Waals surface area contributed by atoms with Crippen LogP contribution in [-0.4, -0.2) is 32.6 Å². The Hall–Kier alpha value is -3.02. The molecular weight excluding hydrogens is 356 g/mol. The van der Waals surface area contributed by atoms with Crippen LogP contribution in [-0.2, 0) is 4.79 Å². The van der Waals surface area contributed by atoms with Crippen LogP contribution in [0.1, 0.15) is 48.5 Å². The number of methoxy groups -OCH3 is 2. The molecule has 2 aromatic carbocycles. The molecule has 2 rings (SSSR count). The first-order chi connectivity index (χ1) is 13.5. The molecule has 0 aliphatic heterocycles. The Labute approximate surface area is 166 Å². The van der Waals surface area contributed by atoms with E-state index in [1.165, 1.54) is 14.2 Å². The highest BCUT2D eigenvalue weighted by molar-refractivity contribution is 5.96. The quantitative estimate of drug-likeness (QED) is 0.686. The van der Waals surface area contributed by atoms with Gasteiger partial charge in [-0.1, -0.05) is 32.0 Å². The average Bonchev–Trinajstić information content (AvgIpc) is 2.72. The first kappa shape index (κ1) is 21.3. The minimum absolute atomic E-state index is 0.140. The van der Waals surface area contributed by atoms with Crippen molar-refractivity contribution in [3.05, 3.63) is 53.6 Å². The fourth-order valence-corrected chi connectivity index (χ4v) is 2.80. The lowest BCUT2D eigenvalue weighted by Crippen LogP contribution is -2.27. The monoisotopic (exact) mass is 384 g/mol. The Balaban J connectivity index is 1.92. The smallest absolute Gasteiger partial charge is 0.251 e. The van der Waals surface area contributed by atoms with Crippen molar-refractivity contribution in [1.82, 2.24) is 5.32 Å². The molecular formula is C22H28N2O4. The Bertz CT molecular complexity index is 798. The van der Waals surface area contributed by atoms with Gasteiger partial charge < -0.3 is 20.1 Å². The Kier molecular flexibility index (Phi) is 7.87. The van der Waals surface area contributed by atoms with Crippen LogP contribution in [0.3, 0.4) is 0 Å². The molecule has 0 bridgehead atoms. The van der Waals surface area contributed by atoms with Crippen molar-refractivity contribution in [1.29, 1.82) is 0 Å². The topological polar surface area (TPSA) is 76.7 Å². The van der Waals surface area contributed by atoms with E-state index < -0.39 is 0 Å². The van der Waals surface area contributed by atoms with E-state index in [4.69, 9.17) is 9.47 Å². The van der Waals surface area contributed by atoms with Gasteiger partial charge in [-0.15, -0.1) is 0 Å². The fraction of sp³-hybridized carbons (Fsp3) is 0.364. The summed E-state index contributed by atoms with van der Waals surface area (Å²) in [7, 11) is 3.05. The molecule has 0 saturated carbocycles. The van der Waals surface area contributed by atoms with E-state index in [1.54, 1.807) is 18.2 Å². The molecule has 2 N–H and O–H groups in total. The van der Waals surface area contributed by atoms with E-state index in [-0.39, 0.29) is 24.8 Å². The zero-order valence-corrected chi connectivity index (χ0v) is 16.9. The molecule has 0 aromatic heterocycles. The number of carbonyl (C=O) groups excluding carboxylic acids is 2. The van der Waals surface area contributed by atoms with Crippen LogP contribution >= 0.6 is 0 Å². The van der Waals surface area contributed by atoms with Crippen molar-refractivity contribution in [2.75, 3.05) is 26.1 Å². The minimum Gasteiger partial charge on any atom is -0.497 e. The van der Waals surface area contributed by atoms with Gasteiger partial charge in [0.25, 0.3) is 5.91 Å². The lowest BCUT2D eigenvalue weighted by Gasteiger charge is -2.15. The van der Waals surface area contributed by atoms with Crippen molar-refractivity contribution in [2.45, 2.75) is 32.6 Å². The predicted molar refractivity (Wildman–Crippen MR) is 110 cm³/mol. The zero-order valence-electron chi connectivity index (χ0n) is 16.9. The summed E-state index contributed by atoms with van der Waals surface area (Å²) in [6, 6.07) is 12.8. The number of benzene rings is 2. The second-order valence-electron chi connectivity index (χ2n) is 6.55. The molecule has 150 valence electrons. The van der Waals surface area contributed by atoms with Crippen LogP contribution in [0.15, 0.2) is 42.5 Å². The number of nitrogens with one attached hydrogen (secondary N) is 2. The molecule has 2 amide bonds. The van der Waals surface area contributed by atoms with Gasteiger partial charge in [-0.25, -0.2) is 0 Å². The molecule has 0 spiro atoms. The zero-order chi connectivity index (χ0) is 20.5. The predicted octanol–water partition coefficient (Wildman–Crippen LogP) is 3.98. The lowest BCUT2D eigenvalue weighted by molar-refractivity contribution is -0.116. The van der Waals surface area contributed by atoms with Crippen molar-refractivity contribution < 1.29 is 19.1 Å². The Morgan fingerprint density at radius 2 is 1.68 bits per heavy atom. The van der Waals surface area contributed by atoms with Crippen LogP contribution in [0, 0.1) is 0 Å². The lowest BCUT2D eigenvalue weighted by atomic mass is 9.97. The van der Waals surface area contributed by atoms with Crippen LogP contribution in [0.25, 0.3) is 0 Å². The maximum absolute atomic E-state index is 12.3. The molecule has 0 radical (unpaired) electrons. The van der Waals surface area contributed by atoms with Gasteiger partial charge in [-0.2, -0.15) is 0 Å². The molecule has 0 saturated heterocycles. The third kappa shape index (κ3) is 5.74. The van der Waals surface area contributed by atoms with E-state index in [0.717, 1.165) is 17.7 Å². The number of hydrogen-bond donors (Lipinski definition) is 2. The number of hydrogen-bond acceptors (Lipinski definition) is 4. The van der Waals surface area contributed by atoms with Crippen LogP contribution in [0.5, 0.6) is 11.5 Å². The molecule has 0 heterocycles. The van der Waals surface area contributed by atoms with E-state index in [1.807, 2.05) is 24.3 Å². The van der Waals surface area contributed by atoms with Gasteiger partial charge >= 0.3 is 0 Å². The summed E-state index contributed by atoms with van der Waals surface area (Å²) in [6.07, 6.45) is 1.18. The van der Waals surface area contributed by atoms with Gasteiger partial charge in [0.15, 0.2) is 0 Å². The van der Waals surface area contributed by atoms with Gasteiger partial charge in [0.1, 0.15) is 11.5 Å². The number of anilines is 1. The van der Waals surface area contributed by atoms with E-state index in [2.05, 4.69) is 24.5 Å². The first-order valence-corrected chi connectivity index (χ1v) is 9.38. The summed E-state index contributed by atoms with van der Waals surface area (Å²) < 4.78 is 10.3. The van der Waals surface area contributed by atoms with Crippen molar-refractivity contribution in [3.63, 3.8) is 0 Å². The summed E-state index contributed by atoms with van der Waals surface area (Å²) in [4.78, 5) is 24.6. The van der Waals surface area contributed by atoms with Crippen LogP contribution < -0.4 is 20.1 Å². The highest BCUT2D eigenvalue weighted by atomic mass is 16.5. The third-order valence-corrected chi connectivity index (χ3v) is 4.63. The van der Waals surface area contributed by atoms with Gasteiger partial charge in [0.05, 0.1) is 14.2 Å². The number of ether oxygens (including phenoxy) is 2. The first-order valence-electron chi connectivity index (χ1n) is 9.38. The Morgan fingerprint density at radius 1 is 1.04 bits per heavy atom. The van der Waals surface area contributed by atoms with Gasteiger partial charge in [-0.05, 0) is 36.1 Å². The summed E-state index contributed by atoms with van der Waals surface area (Å²) in [5, 5.41) is 5.70. The van der Waals surface area contributed by atoms with E-state index in [9.17, 15) is 9.59 Å². The maximum atomic E-state index is 12.3. The normalized spacial score (nSPS) is 11.4.